The maximum absolute atomic E-state index is 6.07. The quantitative estimate of drug-likeness (QED) is 0.502. The van der Waals surface area contributed by atoms with Crippen molar-refractivity contribution in [2.75, 3.05) is 0 Å². The van der Waals surface area contributed by atoms with E-state index in [1.807, 2.05) is 13.8 Å². The van der Waals surface area contributed by atoms with Gasteiger partial charge in [0.05, 0.1) is 17.5 Å². The summed E-state index contributed by atoms with van der Waals surface area (Å²) in [5.41, 5.74) is 0. The summed E-state index contributed by atoms with van der Waals surface area (Å²) in [4.78, 5) is 0. The molecule has 0 aromatic rings. The predicted molar refractivity (Wildman–Crippen MR) is 51.4 cm³/mol. The van der Waals surface area contributed by atoms with E-state index in [-0.39, 0.29) is 24.6 Å². The lowest BCUT2D eigenvalue weighted by Crippen LogP contribution is -2.28. The molecule has 1 saturated heterocycles. The lowest BCUT2D eigenvalue weighted by Gasteiger charge is -2.09. The largest absolute Gasteiger partial charge is 0.476 e. The summed E-state index contributed by atoms with van der Waals surface area (Å²) >= 11 is 6.07. The SMILES string of the molecule is CCC[C@@H](Cl)B1O[C@H](C)[C@@H](C)O1. The molecule has 4 heteroatoms. The van der Waals surface area contributed by atoms with Crippen molar-refractivity contribution in [3.63, 3.8) is 0 Å². The molecule has 1 rings (SSSR count). The zero-order chi connectivity index (χ0) is 9.14. The van der Waals surface area contributed by atoms with Crippen LogP contribution >= 0.6 is 11.6 Å². The Morgan fingerprint density at radius 2 is 1.83 bits per heavy atom. The van der Waals surface area contributed by atoms with Gasteiger partial charge in [-0.3, -0.25) is 0 Å². The Labute approximate surface area is 79.7 Å². The molecule has 1 heterocycles. The second kappa shape index (κ2) is 4.49. The maximum atomic E-state index is 6.07. The van der Waals surface area contributed by atoms with Gasteiger partial charge in [-0.05, 0) is 20.3 Å². The van der Waals surface area contributed by atoms with Crippen LogP contribution in [0.4, 0.5) is 0 Å². The Kier molecular flexibility index (Phi) is 3.88. The molecule has 70 valence electrons. The van der Waals surface area contributed by atoms with Gasteiger partial charge in [-0.2, -0.15) is 0 Å². The topological polar surface area (TPSA) is 18.5 Å². The summed E-state index contributed by atoms with van der Waals surface area (Å²) in [6.45, 7) is 6.14. The third-order valence-corrected chi connectivity index (χ3v) is 2.64. The molecule has 0 unspecified atom stereocenters. The van der Waals surface area contributed by atoms with Gasteiger partial charge in [0.1, 0.15) is 0 Å². The second-order valence-electron chi connectivity index (χ2n) is 3.36. The number of hydrogen-bond acceptors (Lipinski definition) is 2. The second-order valence-corrected chi connectivity index (χ2v) is 3.92. The number of alkyl halides is 1. The van der Waals surface area contributed by atoms with Gasteiger partial charge in [-0.25, -0.2) is 0 Å². The van der Waals surface area contributed by atoms with Gasteiger partial charge in [0, 0.05) is 0 Å². The molecule has 0 aromatic carbocycles. The smallest absolute Gasteiger partial charge is 0.405 e. The van der Waals surface area contributed by atoms with Gasteiger partial charge in [0.2, 0.25) is 0 Å². The number of hydrogen-bond donors (Lipinski definition) is 0. The minimum atomic E-state index is -0.198. The van der Waals surface area contributed by atoms with Crippen molar-refractivity contribution in [3.05, 3.63) is 0 Å². The van der Waals surface area contributed by atoms with Crippen LogP contribution in [0.15, 0.2) is 0 Å². The van der Waals surface area contributed by atoms with Crippen molar-refractivity contribution in [2.45, 2.75) is 51.1 Å². The first-order chi connectivity index (χ1) is 5.65. The standard InChI is InChI=1S/C8H16BClO2/c1-4-5-8(10)9-11-6(2)7(3)12-9/h6-8H,4-5H2,1-3H3/t6-,7-,8-/m1/s1. The monoisotopic (exact) mass is 190 g/mol. The molecular weight excluding hydrogens is 174 g/mol. The van der Waals surface area contributed by atoms with Crippen LogP contribution in [0.2, 0.25) is 0 Å². The highest BCUT2D eigenvalue weighted by molar-refractivity contribution is 6.59. The molecule has 0 aliphatic carbocycles. The molecule has 1 aliphatic rings. The Hall–Kier alpha value is 0.275. The van der Waals surface area contributed by atoms with E-state index in [1.165, 1.54) is 0 Å². The molecule has 1 fully saturated rings. The average molecular weight is 190 g/mol. The van der Waals surface area contributed by atoms with Crippen molar-refractivity contribution in [1.29, 1.82) is 0 Å². The van der Waals surface area contributed by atoms with Crippen LogP contribution in [-0.2, 0) is 9.31 Å². The summed E-state index contributed by atoms with van der Waals surface area (Å²) in [6.07, 6.45) is 2.37. The van der Waals surface area contributed by atoms with Gasteiger partial charge in [-0.1, -0.05) is 13.3 Å². The van der Waals surface area contributed by atoms with Gasteiger partial charge in [0.25, 0.3) is 0 Å². The Bertz CT molecular complexity index is 135. The van der Waals surface area contributed by atoms with E-state index in [9.17, 15) is 0 Å². The Balaban J connectivity index is 2.35. The third kappa shape index (κ3) is 2.38. The minimum absolute atomic E-state index is 0.00222. The highest BCUT2D eigenvalue weighted by atomic mass is 35.5. The fraction of sp³-hybridized carbons (Fsp3) is 1.00. The summed E-state index contributed by atoms with van der Waals surface area (Å²) in [7, 11) is -0.198. The molecule has 2 nitrogen and oxygen atoms in total. The van der Waals surface area contributed by atoms with Crippen molar-refractivity contribution in [2.24, 2.45) is 0 Å². The minimum Gasteiger partial charge on any atom is -0.405 e. The van der Waals surface area contributed by atoms with E-state index >= 15 is 0 Å². The molecule has 0 saturated carbocycles. The molecule has 0 N–H and O–H groups in total. The molecule has 0 spiro atoms. The van der Waals surface area contributed by atoms with Gasteiger partial charge < -0.3 is 9.31 Å². The van der Waals surface area contributed by atoms with Gasteiger partial charge >= 0.3 is 7.12 Å². The van der Waals surface area contributed by atoms with Crippen LogP contribution in [0.25, 0.3) is 0 Å². The fourth-order valence-electron chi connectivity index (χ4n) is 1.26. The van der Waals surface area contributed by atoms with E-state index < -0.39 is 0 Å². The molecule has 0 amide bonds. The average Bonchev–Trinajstić information content (AvgIpc) is 2.33. The van der Waals surface area contributed by atoms with Crippen LogP contribution in [0.5, 0.6) is 0 Å². The highest BCUT2D eigenvalue weighted by Crippen LogP contribution is 2.22. The van der Waals surface area contributed by atoms with Crippen molar-refractivity contribution >= 4 is 18.7 Å². The molecule has 1 aliphatic heterocycles. The lowest BCUT2D eigenvalue weighted by atomic mass is 9.82. The summed E-state index contributed by atoms with van der Waals surface area (Å²) in [6, 6.07) is 0. The summed E-state index contributed by atoms with van der Waals surface area (Å²) in [5, 5.41) is 0.00222. The molecule has 3 atom stereocenters. The first kappa shape index (κ1) is 10.4. The van der Waals surface area contributed by atoms with E-state index in [2.05, 4.69) is 6.92 Å². The third-order valence-electron chi connectivity index (χ3n) is 2.22. The van der Waals surface area contributed by atoms with Crippen LogP contribution < -0.4 is 0 Å². The first-order valence-electron chi connectivity index (χ1n) is 4.60. The first-order valence-corrected chi connectivity index (χ1v) is 5.03. The zero-order valence-electron chi connectivity index (χ0n) is 7.92. The Morgan fingerprint density at radius 1 is 1.33 bits per heavy atom. The van der Waals surface area contributed by atoms with Crippen molar-refractivity contribution in [1.82, 2.24) is 0 Å². The molecule has 0 aromatic heterocycles. The molecule has 0 bridgehead atoms. The van der Waals surface area contributed by atoms with Crippen LogP contribution in [-0.4, -0.2) is 24.6 Å². The van der Waals surface area contributed by atoms with Crippen LogP contribution in [0.1, 0.15) is 33.6 Å². The number of halogens is 1. The summed E-state index contributed by atoms with van der Waals surface area (Å²) < 4.78 is 11.1. The van der Waals surface area contributed by atoms with Crippen molar-refractivity contribution in [3.8, 4) is 0 Å². The number of rotatable bonds is 3. The van der Waals surface area contributed by atoms with Gasteiger partial charge in [0.15, 0.2) is 0 Å². The highest BCUT2D eigenvalue weighted by Gasteiger charge is 2.39. The van der Waals surface area contributed by atoms with Crippen molar-refractivity contribution < 1.29 is 9.31 Å². The van der Waals surface area contributed by atoms with Gasteiger partial charge in [-0.15, -0.1) is 11.6 Å². The molecular formula is C8H16BClO2. The van der Waals surface area contributed by atoms with Crippen LogP contribution in [0, 0.1) is 0 Å². The van der Waals surface area contributed by atoms with E-state index in [4.69, 9.17) is 20.9 Å². The lowest BCUT2D eigenvalue weighted by molar-refractivity contribution is 0.187. The van der Waals surface area contributed by atoms with E-state index in [1.54, 1.807) is 0 Å². The predicted octanol–water partition coefficient (Wildman–Crippen LogP) is 2.25. The Morgan fingerprint density at radius 3 is 2.25 bits per heavy atom. The summed E-state index contributed by atoms with van der Waals surface area (Å²) in [5.74, 6) is 0. The fourth-order valence-corrected chi connectivity index (χ4v) is 1.60. The molecule has 12 heavy (non-hydrogen) atoms. The zero-order valence-corrected chi connectivity index (χ0v) is 8.67. The normalized spacial score (nSPS) is 32.5. The maximum Gasteiger partial charge on any atom is 0.476 e. The van der Waals surface area contributed by atoms with E-state index in [0.29, 0.717) is 0 Å². The van der Waals surface area contributed by atoms with E-state index in [0.717, 1.165) is 12.8 Å². The molecule has 0 radical (unpaired) electrons. The van der Waals surface area contributed by atoms with Crippen LogP contribution in [0.3, 0.4) is 0 Å².